The highest BCUT2D eigenvalue weighted by Crippen LogP contribution is 2.35. The number of hydrogen-bond donors (Lipinski definition) is 2. The zero-order chi connectivity index (χ0) is 24.9. The Morgan fingerprint density at radius 3 is 2.51 bits per heavy atom. The van der Waals surface area contributed by atoms with E-state index in [4.69, 9.17) is 19.2 Å². The molecule has 1 saturated heterocycles. The number of ether oxygens (including phenoxy) is 3. The van der Waals surface area contributed by atoms with Crippen molar-refractivity contribution in [2.75, 3.05) is 51.4 Å². The van der Waals surface area contributed by atoms with Crippen LogP contribution in [0, 0.1) is 0 Å². The van der Waals surface area contributed by atoms with Gasteiger partial charge in [0.25, 0.3) is 0 Å². The second kappa shape index (κ2) is 11.2. The molecule has 0 radical (unpaired) electrons. The van der Waals surface area contributed by atoms with Gasteiger partial charge in [-0.3, -0.25) is 0 Å². The molecular formula is C26H37N5O4. The molecule has 1 atom stereocenters. The number of rotatable bonds is 10. The summed E-state index contributed by atoms with van der Waals surface area (Å²) in [4.78, 5) is 7.38. The van der Waals surface area contributed by atoms with Crippen molar-refractivity contribution in [1.29, 1.82) is 0 Å². The maximum atomic E-state index is 10.1. The molecule has 3 heterocycles. The number of fused-ring (bicyclic) bond motifs is 1. The van der Waals surface area contributed by atoms with E-state index >= 15 is 0 Å². The third kappa shape index (κ3) is 6.04. The van der Waals surface area contributed by atoms with Crippen LogP contribution >= 0.6 is 0 Å². The number of aliphatic hydroxyl groups is 1. The smallest absolute Gasteiger partial charge is 0.160 e. The molecule has 9 nitrogen and oxygen atoms in total. The molecule has 1 aliphatic rings. The molecular weight excluding hydrogens is 446 g/mol. The molecule has 2 N–H and O–H groups in total. The van der Waals surface area contributed by atoms with E-state index in [-0.39, 0.29) is 18.8 Å². The van der Waals surface area contributed by atoms with Gasteiger partial charge in [0.2, 0.25) is 0 Å². The van der Waals surface area contributed by atoms with Gasteiger partial charge in [-0.2, -0.15) is 5.10 Å². The van der Waals surface area contributed by atoms with E-state index in [1.54, 1.807) is 7.05 Å². The van der Waals surface area contributed by atoms with Gasteiger partial charge in [0.15, 0.2) is 5.65 Å². The summed E-state index contributed by atoms with van der Waals surface area (Å²) in [6.45, 7) is 11.9. The lowest BCUT2D eigenvalue weighted by molar-refractivity contribution is 0.108. The van der Waals surface area contributed by atoms with Crippen molar-refractivity contribution in [1.82, 2.24) is 20.1 Å². The number of likely N-dealkylation sites (N-methyl/N-ethyl adjacent to an activating group) is 1. The third-order valence-corrected chi connectivity index (χ3v) is 5.82. The first kappa shape index (κ1) is 25.2. The zero-order valence-corrected chi connectivity index (χ0v) is 21.3. The summed E-state index contributed by atoms with van der Waals surface area (Å²) >= 11 is 0. The predicted octanol–water partition coefficient (Wildman–Crippen LogP) is 3.26. The number of nitrogens with zero attached hydrogens (tertiary/aromatic N) is 4. The van der Waals surface area contributed by atoms with E-state index in [2.05, 4.69) is 35.2 Å². The minimum Gasteiger partial charge on any atom is -0.491 e. The van der Waals surface area contributed by atoms with Crippen molar-refractivity contribution >= 4 is 16.7 Å². The second-order valence-corrected chi connectivity index (χ2v) is 9.43. The molecule has 0 amide bonds. The first-order valence-electron chi connectivity index (χ1n) is 12.3. The minimum atomic E-state index is -0.610. The van der Waals surface area contributed by atoms with Gasteiger partial charge in [0, 0.05) is 37.3 Å². The van der Waals surface area contributed by atoms with Crippen molar-refractivity contribution in [2.24, 2.45) is 0 Å². The second-order valence-electron chi connectivity index (χ2n) is 9.43. The monoisotopic (exact) mass is 483 g/mol. The molecule has 0 saturated carbocycles. The number of aliphatic hydroxyl groups excluding tert-OH is 1. The van der Waals surface area contributed by atoms with Crippen LogP contribution in [0.3, 0.4) is 0 Å². The molecule has 0 aliphatic carbocycles. The van der Waals surface area contributed by atoms with Gasteiger partial charge in [0.1, 0.15) is 24.2 Å². The summed E-state index contributed by atoms with van der Waals surface area (Å²) in [5, 5.41) is 18.7. The summed E-state index contributed by atoms with van der Waals surface area (Å²) in [5.74, 6) is 1.32. The molecule has 9 heteroatoms. The Kier molecular flexibility index (Phi) is 8.10. The number of hydrogen-bond acceptors (Lipinski definition) is 8. The van der Waals surface area contributed by atoms with Gasteiger partial charge in [-0.1, -0.05) is 0 Å². The molecule has 0 bridgehead atoms. The molecule has 35 heavy (non-hydrogen) atoms. The third-order valence-electron chi connectivity index (χ3n) is 5.82. The van der Waals surface area contributed by atoms with Crippen molar-refractivity contribution in [2.45, 2.75) is 45.9 Å². The van der Waals surface area contributed by atoms with E-state index in [0.29, 0.717) is 31.3 Å². The highest BCUT2D eigenvalue weighted by molar-refractivity contribution is 5.92. The lowest BCUT2D eigenvalue weighted by Gasteiger charge is -2.29. The van der Waals surface area contributed by atoms with Crippen LogP contribution in [0.2, 0.25) is 0 Å². The Labute approximate surface area is 207 Å². The van der Waals surface area contributed by atoms with E-state index in [1.165, 1.54) is 0 Å². The highest BCUT2D eigenvalue weighted by Gasteiger charge is 2.20. The first-order valence-corrected chi connectivity index (χ1v) is 12.3. The number of pyridine rings is 1. The van der Waals surface area contributed by atoms with Gasteiger partial charge in [-0.25, -0.2) is 9.67 Å². The minimum absolute atomic E-state index is 0.00899. The van der Waals surface area contributed by atoms with Crippen LogP contribution in [0.1, 0.15) is 33.7 Å². The summed E-state index contributed by atoms with van der Waals surface area (Å²) in [6.07, 6.45) is 1.31. The summed E-state index contributed by atoms with van der Waals surface area (Å²) in [5.41, 5.74) is 3.65. The Hall–Kier alpha value is -2.88. The summed E-state index contributed by atoms with van der Waals surface area (Å²) in [6, 6.07) is 8.09. The van der Waals surface area contributed by atoms with Crippen LogP contribution in [-0.4, -0.2) is 78.6 Å². The van der Waals surface area contributed by atoms with Crippen LogP contribution in [0.4, 0.5) is 5.69 Å². The van der Waals surface area contributed by atoms with Crippen molar-refractivity contribution in [3.05, 3.63) is 30.5 Å². The van der Waals surface area contributed by atoms with Gasteiger partial charge < -0.3 is 29.5 Å². The average Bonchev–Trinajstić information content (AvgIpc) is 3.27. The van der Waals surface area contributed by atoms with E-state index in [1.807, 2.05) is 42.9 Å². The maximum Gasteiger partial charge on any atom is 0.160 e. The van der Waals surface area contributed by atoms with Gasteiger partial charge in [-0.05, 0) is 52.9 Å². The van der Waals surface area contributed by atoms with Crippen molar-refractivity contribution < 1.29 is 19.3 Å². The van der Waals surface area contributed by atoms with Crippen LogP contribution < -0.4 is 19.7 Å². The van der Waals surface area contributed by atoms with Gasteiger partial charge in [-0.15, -0.1) is 0 Å². The molecule has 4 rings (SSSR count). The molecule has 1 aromatic carbocycles. The molecule has 1 fully saturated rings. The standard InChI is InChI=1S/C26H37N5O4/c1-17(2)31-26-23(15-28-31)25(30-6-8-33-9-7-30)13-24(29-26)19-10-21(34-16-20(32)14-27-5)12-22(11-19)35-18(3)4/h10-13,15,17-18,20,27,32H,6-9,14,16H2,1-5H3. The van der Waals surface area contributed by atoms with Crippen molar-refractivity contribution in [3.63, 3.8) is 0 Å². The molecule has 1 aliphatic heterocycles. The number of aromatic nitrogens is 3. The highest BCUT2D eigenvalue weighted by atomic mass is 16.5. The van der Waals surface area contributed by atoms with E-state index in [0.717, 1.165) is 41.1 Å². The zero-order valence-electron chi connectivity index (χ0n) is 21.3. The quantitative estimate of drug-likeness (QED) is 0.454. The average molecular weight is 484 g/mol. The van der Waals surface area contributed by atoms with Gasteiger partial charge in [0.05, 0.1) is 42.3 Å². The fourth-order valence-electron chi connectivity index (χ4n) is 4.22. The van der Waals surface area contributed by atoms with Crippen LogP contribution in [0.25, 0.3) is 22.3 Å². The Morgan fingerprint density at radius 1 is 1.09 bits per heavy atom. The molecule has 190 valence electrons. The lowest BCUT2D eigenvalue weighted by atomic mass is 10.1. The SMILES string of the molecule is CNCC(O)COc1cc(OC(C)C)cc(-c2cc(N3CCOCC3)c3cnn(C(C)C)c3n2)c1. The summed E-state index contributed by atoms with van der Waals surface area (Å²) < 4.78 is 19.5. The normalized spacial score (nSPS) is 15.3. The van der Waals surface area contributed by atoms with E-state index in [9.17, 15) is 5.11 Å². The molecule has 1 unspecified atom stereocenters. The van der Waals surface area contributed by atoms with Crippen LogP contribution in [0.5, 0.6) is 11.5 Å². The number of nitrogens with one attached hydrogen (secondary N) is 1. The van der Waals surface area contributed by atoms with E-state index < -0.39 is 6.10 Å². The first-order chi connectivity index (χ1) is 16.9. The number of benzene rings is 1. The molecule has 3 aromatic rings. The predicted molar refractivity (Wildman–Crippen MR) is 138 cm³/mol. The maximum absolute atomic E-state index is 10.1. The summed E-state index contributed by atoms with van der Waals surface area (Å²) in [7, 11) is 1.80. The van der Waals surface area contributed by atoms with Crippen LogP contribution in [-0.2, 0) is 4.74 Å². The Morgan fingerprint density at radius 2 is 1.83 bits per heavy atom. The largest absolute Gasteiger partial charge is 0.491 e. The topological polar surface area (TPSA) is 93.9 Å². The van der Waals surface area contributed by atoms with Gasteiger partial charge >= 0.3 is 0 Å². The molecule has 2 aromatic heterocycles. The fourth-order valence-corrected chi connectivity index (χ4v) is 4.22. The number of morpholine rings is 1. The Balaban J connectivity index is 1.79. The number of anilines is 1. The van der Waals surface area contributed by atoms with Crippen molar-refractivity contribution in [3.8, 4) is 22.8 Å². The molecule has 0 spiro atoms. The fraction of sp³-hybridized carbons (Fsp3) is 0.538. The van der Waals surface area contributed by atoms with Crippen LogP contribution in [0.15, 0.2) is 30.5 Å². The lowest BCUT2D eigenvalue weighted by Crippen LogP contribution is -2.36. The Bertz CT molecular complexity index is 1120.